The third-order valence-corrected chi connectivity index (χ3v) is 10.1. The molecule has 2 aliphatic heterocycles. The van der Waals surface area contributed by atoms with E-state index in [4.69, 9.17) is 14.5 Å². The second-order valence-corrected chi connectivity index (χ2v) is 15.7. The van der Waals surface area contributed by atoms with Crippen LogP contribution < -0.4 is 0 Å². The van der Waals surface area contributed by atoms with Crippen molar-refractivity contribution >= 4 is 23.0 Å². The Morgan fingerprint density at radius 2 is 1.60 bits per heavy atom. The number of carbonyl (C=O) groups excluding carboxylic acids is 2. The van der Waals surface area contributed by atoms with Gasteiger partial charge in [0.15, 0.2) is 0 Å². The standard InChI is InChI=1S/C41H51N3O4/c1-26-18-27(2)20-31(19-26)36-35(28(3)24-47-25-30-12-10-9-11-13-30)34-21-32(22-42-37(34)44(36)39(46)48-40(4,5)6)41(7,8)38(45)43-23-29-14-16-33(43)17-15-29/h9-13,18-22,28-29,33H,14-17,23-25H2,1-8H3. The first-order chi connectivity index (χ1) is 22.7. The number of pyridine rings is 1. The molecule has 3 aliphatic rings. The topological polar surface area (TPSA) is 73.7 Å². The lowest BCUT2D eigenvalue weighted by molar-refractivity contribution is -0.144. The third-order valence-electron chi connectivity index (χ3n) is 10.1. The van der Waals surface area contributed by atoms with Crippen LogP contribution in [0.4, 0.5) is 4.79 Å². The monoisotopic (exact) mass is 649 g/mol. The number of benzene rings is 2. The predicted octanol–water partition coefficient (Wildman–Crippen LogP) is 9.10. The Morgan fingerprint density at radius 1 is 0.938 bits per heavy atom. The third kappa shape index (κ3) is 6.80. The van der Waals surface area contributed by atoms with Gasteiger partial charge < -0.3 is 14.4 Å². The number of ether oxygens (including phenoxy) is 2. The number of piperidine rings is 2. The largest absolute Gasteiger partial charge is 0.443 e. The first kappa shape index (κ1) is 33.9. The van der Waals surface area contributed by atoms with Gasteiger partial charge in [-0.25, -0.2) is 14.3 Å². The van der Waals surface area contributed by atoms with Gasteiger partial charge in [0.1, 0.15) is 11.2 Å². The maximum absolute atomic E-state index is 14.3. The second-order valence-electron chi connectivity index (χ2n) is 15.7. The average molecular weight is 650 g/mol. The number of aryl methyl sites for hydroxylation is 2. The molecule has 1 amide bonds. The van der Waals surface area contributed by atoms with E-state index in [0.29, 0.717) is 30.8 Å². The lowest BCUT2D eigenvalue weighted by Gasteiger charge is -2.47. The Bertz CT molecular complexity index is 1790. The molecule has 48 heavy (non-hydrogen) atoms. The normalized spacial score (nSPS) is 18.7. The minimum atomic E-state index is -0.795. The van der Waals surface area contributed by atoms with E-state index in [2.05, 4.69) is 62.1 Å². The molecule has 4 heterocycles. The van der Waals surface area contributed by atoms with Gasteiger partial charge in [0.25, 0.3) is 0 Å². The van der Waals surface area contributed by atoms with Gasteiger partial charge in [-0.1, -0.05) is 54.4 Å². The van der Waals surface area contributed by atoms with Crippen LogP contribution in [0.3, 0.4) is 0 Å². The van der Waals surface area contributed by atoms with Gasteiger partial charge in [-0.2, -0.15) is 0 Å². The number of carbonyl (C=O) groups is 2. The van der Waals surface area contributed by atoms with Crippen LogP contribution in [0.1, 0.15) is 101 Å². The molecule has 0 radical (unpaired) electrons. The Morgan fingerprint density at radius 3 is 2.21 bits per heavy atom. The Balaban J connectivity index is 1.50. The molecule has 0 N–H and O–H groups in total. The van der Waals surface area contributed by atoms with Gasteiger partial charge >= 0.3 is 6.09 Å². The van der Waals surface area contributed by atoms with Gasteiger partial charge in [-0.05, 0) is 121 Å². The van der Waals surface area contributed by atoms with Crippen LogP contribution in [0, 0.1) is 19.8 Å². The quantitative estimate of drug-likeness (QED) is 0.190. The van der Waals surface area contributed by atoms with Crippen molar-refractivity contribution in [1.82, 2.24) is 14.5 Å². The van der Waals surface area contributed by atoms with E-state index in [1.165, 1.54) is 12.8 Å². The van der Waals surface area contributed by atoms with Gasteiger partial charge in [-0.3, -0.25) is 4.79 Å². The van der Waals surface area contributed by atoms with Crippen LogP contribution in [0.5, 0.6) is 0 Å². The number of aromatic nitrogens is 2. The molecule has 3 fully saturated rings. The molecule has 4 aromatic rings. The van der Waals surface area contributed by atoms with E-state index < -0.39 is 17.1 Å². The molecule has 1 aliphatic carbocycles. The minimum Gasteiger partial charge on any atom is -0.443 e. The number of hydrogen-bond acceptors (Lipinski definition) is 5. The molecular weight excluding hydrogens is 598 g/mol. The van der Waals surface area contributed by atoms with Crippen LogP contribution in [-0.4, -0.2) is 51.2 Å². The van der Waals surface area contributed by atoms with Gasteiger partial charge in [0.05, 0.1) is 24.3 Å². The van der Waals surface area contributed by atoms with E-state index in [9.17, 15) is 9.59 Å². The van der Waals surface area contributed by atoms with Crippen molar-refractivity contribution in [3.05, 3.63) is 88.6 Å². The zero-order valence-electron chi connectivity index (χ0n) is 29.9. The highest BCUT2D eigenvalue weighted by Gasteiger charge is 2.43. The second kappa shape index (κ2) is 13.1. The van der Waals surface area contributed by atoms with Crippen molar-refractivity contribution in [3.63, 3.8) is 0 Å². The maximum Gasteiger partial charge on any atom is 0.420 e. The SMILES string of the molecule is Cc1cc(C)cc(-c2c(C(C)COCc3ccccc3)c3cc(C(C)(C)C(=O)N4CC5CCC4CC5)cnc3n2C(=O)OC(C)(C)C)c1. The highest BCUT2D eigenvalue weighted by Crippen LogP contribution is 2.42. The first-order valence-electron chi connectivity index (χ1n) is 17.5. The molecule has 2 aromatic heterocycles. The molecule has 7 rings (SSSR count). The summed E-state index contributed by atoms with van der Waals surface area (Å²) >= 11 is 0. The summed E-state index contributed by atoms with van der Waals surface area (Å²) in [5, 5.41) is 0.837. The zero-order chi connectivity index (χ0) is 34.4. The van der Waals surface area contributed by atoms with Crippen molar-refractivity contribution in [2.24, 2.45) is 5.92 Å². The van der Waals surface area contributed by atoms with Gasteiger partial charge in [0, 0.05) is 30.1 Å². The molecule has 254 valence electrons. The molecule has 2 bridgehead atoms. The van der Waals surface area contributed by atoms with E-state index in [1.54, 1.807) is 10.8 Å². The van der Waals surface area contributed by atoms with Crippen molar-refractivity contribution in [2.75, 3.05) is 13.2 Å². The minimum absolute atomic E-state index is 0.107. The number of rotatable bonds is 8. The molecule has 7 heteroatoms. The molecule has 1 saturated carbocycles. The fraction of sp³-hybridized carbons (Fsp3) is 0.488. The summed E-state index contributed by atoms with van der Waals surface area (Å²) in [7, 11) is 0. The molecule has 1 unspecified atom stereocenters. The van der Waals surface area contributed by atoms with Crippen molar-refractivity contribution < 1.29 is 19.1 Å². The highest BCUT2D eigenvalue weighted by molar-refractivity contribution is 5.99. The van der Waals surface area contributed by atoms with Crippen LogP contribution in [-0.2, 0) is 26.3 Å². The lowest BCUT2D eigenvalue weighted by Crippen LogP contribution is -2.55. The Hall–Kier alpha value is -3.97. The molecular formula is C41H51N3O4. The predicted molar refractivity (Wildman–Crippen MR) is 191 cm³/mol. The van der Waals surface area contributed by atoms with Crippen molar-refractivity contribution in [1.29, 1.82) is 0 Å². The summed E-state index contributed by atoms with van der Waals surface area (Å²) < 4.78 is 14.0. The van der Waals surface area contributed by atoms with Gasteiger partial charge in [0.2, 0.25) is 5.91 Å². The molecule has 2 aromatic carbocycles. The average Bonchev–Trinajstić information content (AvgIpc) is 3.39. The summed E-state index contributed by atoms with van der Waals surface area (Å²) in [6, 6.07) is 18.9. The van der Waals surface area contributed by atoms with E-state index in [-0.39, 0.29) is 11.8 Å². The fourth-order valence-electron chi connectivity index (χ4n) is 7.72. The summed E-state index contributed by atoms with van der Waals surface area (Å²) in [5.41, 5.74) is 5.79. The number of nitrogens with zero attached hydrogens (tertiary/aromatic N) is 3. The summed E-state index contributed by atoms with van der Waals surface area (Å²) in [5.74, 6) is 0.645. The zero-order valence-corrected chi connectivity index (χ0v) is 29.9. The number of amides is 1. The summed E-state index contributed by atoms with van der Waals surface area (Å²) in [6.07, 6.45) is 5.92. The van der Waals surface area contributed by atoms with Crippen molar-refractivity contribution in [2.45, 2.75) is 111 Å². The number of hydrogen-bond donors (Lipinski definition) is 0. The van der Waals surface area contributed by atoms with E-state index in [1.807, 2.05) is 52.8 Å². The Kier molecular flexibility index (Phi) is 9.29. The fourth-order valence-corrected chi connectivity index (χ4v) is 7.72. The Labute approximate surface area is 285 Å². The van der Waals surface area contributed by atoms with Crippen molar-refractivity contribution in [3.8, 4) is 11.3 Å². The van der Waals surface area contributed by atoms with Crippen LogP contribution in [0.2, 0.25) is 0 Å². The van der Waals surface area contributed by atoms with Crippen LogP contribution in [0.15, 0.2) is 60.8 Å². The maximum atomic E-state index is 14.3. The summed E-state index contributed by atoms with van der Waals surface area (Å²) in [6.45, 7) is 17.7. The van der Waals surface area contributed by atoms with E-state index in [0.717, 1.165) is 63.8 Å². The summed E-state index contributed by atoms with van der Waals surface area (Å²) in [4.78, 5) is 35.5. The smallest absolute Gasteiger partial charge is 0.420 e. The molecule has 0 spiro atoms. The number of fused-ring (bicyclic) bond motifs is 4. The van der Waals surface area contributed by atoms with E-state index >= 15 is 0 Å². The molecule has 2 saturated heterocycles. The first-order valence-corrected chi connectivity index (χ1v) is 17.5. The molecule has 7 nitrogen and oxygen atoms in total. The molecule has 1 atom stereocenters. The van der Waals surface area contributed by atoms with Crippen LogP contribution in [0.25, 0.3) is 22.3 Å². The van der Waals surface area contributed by atoms with Crippen LogP contribution >= 0.6 is 0 Å². The highest BCUT2D eigenvalue weighted by atomic mass is 16.6. The van der Waals surface area contributed by atoms with Gasteiger partial charge in [-0.15, -0.1) is 0 Å². The lowest BCUT2D eigenvalue weighted by atomic mass is 9.76.